The van der Waals surface area contributed by atoms with Gasteiger partial charge in [0.25, 0.3) is 0 Å². The van der Waals surface area contributed by atoms with Crippen LogP contribution in [0.1, 0.15) is 49.3 Å². The maximum absolute atomic E-state index is 11.1. The molecule has 0 amide bonds. The molecule has 2 unspecified atom stereocenters. The third kappa shape index (κ3) is 2.77. The summed E-state index contributed by atoms with van der Waals surface area (Å²) in [5, 5.41) is 9.13. The first-order valence-corrected chi connectivity index (χ1v) is 8.20. The van der Waals surface area contributed by atoms with Crippen molar-refractivity contribution in [1.29, 1.82) is 0 Å². The molecule has 0 saturated carbocycles. The second-order valence-electron chi connectivity index (χ2n) is 5.88. The van der Waals surface area contributed by atoms with Crippen LogP contribution in [0.4, 0.5) is 0 Å². The third-order valence-corrected chi connectivity index (χ3v) is 5.13. The van der Waals surface area contributed by atoms with Crippen LogP contribution in [0.25, 0.3) is 0 Å². The molecule has 1 saturated heterocycles. The predicted molar refractivity (Wildman–Crippen MR) is 81.8 cm³/mol. The minimum absolute atomic E-state index is 0.209. The molecule has 0 bridgehead atoms. The minimum atomic E-state index is -0.670. The maximum Gasteiger partial charge on any atom is 0.304 e. The smallest absolute Gasteiger partial charge is 0.304 e. The van der Waals surface area contributed by atoms with Gasteiger partial charge in [-0.2, -0.15) is 0 Å². The average molecular weight is 338 g/mol. The molecule has 1 fully saturated rings. The lowest BCUT2D eigenvalue weighted by Gasteiger charge is -2.39. The highest BCUT2D eigenvalue weighted by Gasteiger charge is 2.34. The van der Waals surface area contributed by atoms with E-state index in [-0.39, 0.29) is 12.5 Å². The zero-order valence-electron chi connectivity index (χ0n) is 11.5. The van der Waals surface area contributed by atoms with E-state index < -0.39 is 5.97 Å². The Kier molecular flexibility index (Phi) is 4.13. The fourth-order valence-electron chi connectivity index (χ4n) is 3.76. The summed E-state index contributed by atoms with van der Waals surface area (Å²) in [5.41, 5.74) is 2.83. The van der Waals surface area contributed by atoms with Crippen molar-refractivity contribution >= 4 is 21.9 Å². The Balaban J connectivity index is 1.83. The molecule has 0 spiro atoms. The molecule has 4 heteroatoms. The Labute approximate surface area is 128 Å². The summed E-state index contributed by atoms with van der Waals surface area (Å²) < 4.78 is 1.14. The molecule has 0 aromatic heterocycles. The summed E-state index contributed by atoms with van der Waals surface area (Å²) in [5.74, 6) is -0.670. The van der Waals surface area contributed by atoms with Gasteiger partial charge in [-0.1, -0.05) is 28.4 Å². The van der Waals surface area contributed by atoms with Gasteiger partial charge in [-0.25, -0.2) is 0 Å². The summed E-state index contributed by atoms with van der Waals surface area (Å²) in [6.07, 6.45) is 5.89. The van der Waals surface area contributed by atoms with E-state index in [1.807, 2.05) is 0 Å². The maximum atomic E-state index is 11.1. The lowest BCUT2D eigenvalue weighted by Crippen LogP contribution is -2.42. The Morgan fingerprint density at radius 3 is 3.00 bits per heavy atom. The molecule has 3 nitrogen and oxygen atoms in total. The van der Waals surface area contributed by atoms with Crippen LogP contribution in [0.2, 0.25) is 0 Å². The summed E-state index contributed by atoms with van der Waals surface area (Å²) in [6, 6.07) is 7.16. The van der Waals surface area contributed by atoms with Crippen LogP contribution in [-0.2, 0) is 11.2 Å². The number of carbonyl (C=O) groups is 1. The van der Waals surface area contributed by atoms with E-state index in [4.69, 9.17) is 5.11 Å². The Morgan fingerprint density at radius 2 is 2.20 bits per heavy atom. The van der Waals surface area contributed by atoms with Gasteiger partial charge in [0, 0.05) is 16.6 Å². The van der Waals surface area contributed by atoms with E-state index in [2.05, 4.69) is 39.0 Å². The van der Waals surface area contributed by atoms with Gasteiger partial charge in [0.05, 0.1) is 6.42 Å². The average Bonchev–Trinajstić information content (AvgIpc) is 2.81. The second-order valence-corrected chi connectivity index (χ2v) is 6.80. The van der Waals surface area contributed by atoms with Gasteiger partial charge in [-0.05, 0) is 55.5 Å². The molecule has 1 aromatic carbocycles. The van der Waals surface area contributed by atoms with E-state index in [0.29, 0.717) is 6.04 Å². The van der Waals surface area contributed by atoms with Crippen molar-refractivity contribution in [2.24, 2.45) is 0 Å². The van der Waals surface area contributed by atoms with Crippen molar-refractivity contribution in [2.45, 2.75) is 50.6 Å². The third-order valence-electron chi connectivity index (χ3n) is 4.63. The van der Waals surface area contributed by atoms with Crippen LogP contribution >= 0.6 is 15.9 Å². The molecule has 3 rings (SSSR count). The number of hydrogen-bond donors (Lipinski definition) is 1. The molecule has 1 heterocycles. The fraction of sp³-hybridized carbons (Fsp3) is 0.562. The van der Waals surface area contributed by atoms with E-state index >= 15 is 0 Å². The summed E-state index contributed by atoms with van der Waals surface area (Å²) >= 11 is 3.53. The van der Waals surface area contributed by atoms with Gasteiger partial charge in [-0.15, -0.1) is 0 Å². The highest BCUT2D eigenvalue weighted by molar-refractivity contribution is 9.10. The van der Waals surface area contributed by atoms with E-state index in [1.54, 1.807) is 0 Å². The summed E-state index contributed by atoms with van der Waals surface area (Å²) in [6.45, 7) is 1.04. The van der Waals surface area contributed by atoms with Crippen molar-refractivity contribution in [2.75, 3.05) is 6.54 Å². The minimum Gasteiger partial charge on any atom is -0.481 e. The molecule has 1 aromatic rings. The number of halogens is 1. The monoisotopic (exact) mass is 337 g/mol. The van der Waals surface area contributed by atoms with E-state index in [9.17, 15) is 4.79 Å². The van der Waals surface area contributed by atoms with Crippen LogP contribution in [0.5, 0.6) is 0 Å². The zero-order chi connectivity index (χ0) is 14.1. The molecular formula is C16H20BrNO2. The largest absolute Gasteiger partial charge is 0.481 e. The number of carboxylic acids is 1. The summed E-state index contributed by atoms with van der Waals surface area (Å²) in [7, 11) is 0. The van der Waals surface area contributed by atoms with Crippen LogP contribution in [0, 0.1) is 0 Å². The SMILES string of the molecule is O=C(O)CC1CCCCN1C1CCc2cc(Br)ccc21. The number of piperidine rings is 1. The molecule has 1 N–H and O–H groups in total. The van der Waals surface area contributed by atoms with Crippen molar-refractivity contribution in [3.05, 3.63) is 33.8 Å². The summed E-state index contributed by atoms with van der Waals surface area (Å²) in [4.78, 5) is 13.5. The second kappa shape index (κ2) is 5.86. The Morgan fingerprint density at radius 1 is 1.35 bits per heavy atom. The number of hydrogen-bond acceptors (Lipinski definition) is 2. The van der Waals surface area contributed by atoms with Crippen LogP contribution in [0.3, 0.4) is 0 Å². The normalized spacial score (nSPS) is 26.4. The Hall–Kier alpha value is -0.870. The number of aryl methyl sites for hydroxylation is 1. The van der Waals surface area contributed by atoms with Crippen molar-refractivity contribution < 1.29 is 9.90 Å². The van der Waals surface area contributed by atoms with Gasteiger partial charge >= 0.3 is 5.97 Å². The van der Waals surface area contributed by atoms with E-state index in [0.717, 1.165) is 36.7 Å². The Bertz CT molecular complexity index is 517. The lowest BCUT2D eigenvalue weighted by molar-refractivity contribution is -0.139. The molecule has 0 radical (unpaired) electrons. The number of rotatable bonds is 3. The molecule has 1 aliphatic heterocycles. The van der Waals surface area contributed by atoms with Gasteiger partial charge in [-0.3, -0.25) is 9.69 Å². The fourth-order valence-corrected chi connectivity index (χ4v) is 4.17. The van der Waals surface area contributed by atoms with Gasteiger partial charge in [0.1, 0.15) is 0 Å². The van der Waals surface area contributed by atoms with Crippen LogP contribution in [0.15, 0.2) is 22.7 Å². The first-order chi connectivity index (χ1) is 9.65. The van der Waals surface area contributed by atoms with Gasteiger partial charge in [0.15, 0.2) is 0 Å². The number of nitrogens with zero attached hydrogens (tertiary/aromatic N) is 1. The highest BCUT2D eigenvalue weighted by Crippen LogP contribution is 2.40. The standard InChI is InChI=1S/C16H20BrNO2/c17-12-5-6-14-11(9-12)4-7-15(14)18-8-2-1-3-13(18)10-16(19)20/h5-6,9,13,15H,1-4,7-8,10H2,(H,19,20). The highest BCUT2D eigenvalue weighted by atomic mass is 79.9. The van der Waals surface area contributed by atoms with E-state index in [1.165, 1.54) is 17.5 Å². The van der Waals surface area contributed by atoms with Gasteiger partial charge in [0.2, 0.25) is 0 Å². The number of aliphatic carboxylic acids is 1. The predicted octanol–water partition coefficient (Wildman–Crippen LogP) is 3.77. The lowest BCUT2D eigenvalue weighted by atomic mass is 9.95. The zero-order valence-corrected chi connectivity index (χ0v) is 13.1. The molecule has 20 heavy (non-hydrogen) atoms. The quantitative estimate of drug-likeness (QED) is 0.912. The van der Waals surface area contributed by atoms with Crippen molar-refractivity contribution in [3.8, 4) is 0 Å². The number of fused-ring (bicyclic) bond motifs is 1. The van der Waals surface area contributed by atoms with Crippen LogP contribution in [-0.4, -0.2) is 28.6 Å². The molecule has 2 atom stereocenters. The number of benzene rings is 1. The van der Waals surface area contributed by atoms with Crippen molar-refractivity contribution in [1.82, 2.24) is 4.90 Å². The molecule has 1 aliphatic carbocycles. The van der Waals surface area contributed by atoms with Crippen LogP contribution < -0.4 is 0 Å². The molecule has 2 aliphatic rings. The van der Waals surface area contributed by atoms with Gasteiger partial charge < -0.3 is 5.11 Å². The van der Waals surface area contributed by atoms with Crippen molar-refractivity contribution in [3.63, 3.8) is 0 Å². The first kappa shape index (κ1) is 14.1. The topological polar surface area (TPSA) is 40.5 Å². The molecular weight excluding hydrogens is 318 g/mol. The molecule has 108 valence electrons. The number of likely N-dealkylation sites (tertiary alicyclic amines) is 1. The number of carboxylic acid groups (broad SMARTS) is 1. The first-order valence-electron chi connectivity index (χ1n) is 7.41.